The summed E-state index contributed by atoms with van der Waals surface area (Å²) < 4.78 is 21.2. The second-order valence-corrected chi connectivity index (χ2v) is 7.80. The Bertz CT molecular complexity index is 1670. The standard InChI is InChI=1S/C24H18FN7O4/c1-14(33)26-17-7-3-8-18(12-17)27-20(34)13-32-24(35)31-10-4-9-19(22(31)29-32)23-28-21(30-36-23)15-5-2-6-16(25)11-15/h2-12H,13H2,1H3,(H,26,33)(H,27,34). The highest BCUT2D eigenvalue weighted by Gasteiger charge is 2.19. The lowest BCUT2D eigenvalue weighted by Crippen LogP contribution is -2.28. The zero-order valence-corrected chi connectivity index (χ0v) is 18.8. The molecule has 0 atom stereocenters. The fourth-order valence-corrected chi connectivity index (χ4v) is 3.60. The van der Waals surface area contributed by atoms with Crippen molar-refractivity contribution in [3.63, 3.8) is 0 Å². The summed E-state index contributed by atoms with van der Waals surface area (Å²) in [6.07, 6.45) is 1.50. The van der Waals surface area contributed by atoms with E-state index >= 15 is 0 Å². The minimum absolute atomic E-state index is 0.0799. The van der Waals surface area contributed by atoms with Crippen molar-refractivity contribution in [3.8, 4) is 22.8 Å². The van der Waals surface area contributed by atoms with E-state index in [0.717, 1.165) is 4.68 Å². The predicted octanol–water partition coefficient (Wildman–Crippen LogP) is 2.95. The number of hydrogen-bond donors (Lipinski definition) is 2. The molecule has 5 rings (SSSR count). The minimum Gasteiger partial charge on any atom is -0.333 e. The first kappa shape index (κ1) is 22.7. The van der Waals surface area contributed by atoms with Gasteiger partial charge in [-0.1, -0.05) is 23.4 Å². The minimum atomic E-state index is -0.543. The number of aromatic nitrogens is 5. The van der Waals surface area contributed by atoms with Crippen LogP contribution in [0.5, 0.6) is 0 Å². The summed E-state index contributed by atoms with van der Waals surface area (Å²) in [5.74, 6) is -0.917. The quantitative estimate of drug-likeness (QED) is 0.376. The van der Waals surface area contributed by atoms with Crippen LogP contribution in [0.4, 0.5) is 15.8 Å². The molecule has 5 aromatic rings. The maximum absolute atomic E-state index is 13.6. The number of fused-ring (bicyclic) bond motifs is 1. The van der Waals surface area contributed by atoms with Crippen LogP contribution in [-0.4, -0.2) is 36.1 Å². The van der Waals surface area contributed by atoms with Crippen molar-refractivity contribution in [1.82, 2.24) is 24.3 Å². The van der Waals surface area contributed by atoms with Gasteiger partial charge in [-0.3, -0.25) is 9.59 Å². The van der Waals surface area contributed by atoms with E-state index in [1.54, 1.807) is 42.5 Å². The number of nitrogens with zero attached hydrogens (tertiary/aromatic N) is 5. The topological polar surface area (TPSA) is 136 Å². The molecule has 180 valence electrons. The van der Waals surface area contributed by atoms with E-state index in [1.165, 1.54) is 35.7 Å². The Morgan fingerprint density at radius 2 is 1.81 bits per heavy atom. The van der Waals surface area contributed by atoms with Gasteiger partial charge in [0.1, 0.15) is 12.4 Å². The van der Waals surface area contributed by atoms with Crippen molar-refractivity contribution in [2.75, 3.05) is 10.6 Å². The molecule has 0 fully saturated rings. The van der Waals surface area contributed by atoms with E-state index in [9.17, 15) is 18.8 Å². The third-order valence-electron chi connectivity index (χ3n) is 5.11. The molecule has 2 amide bonds. The van der Waals surface area contributed by atoms with Gasteiger partial charge in [0.25, 0.3) is 5.89 Å². The Morgan fingerprint density at radius 3 is 2.58 bits per heavy atom. The van der Waals surface area contributed by atoms with Crippen LogP contribution < -0.4 is 16.3 Å². The normalized spacial score (nSPS) is 10.9. The van der Waals surface area contributed by atoms with Gasteiger partial charge in [0.05, 0.1) is 5.56 Å². The highest BCUT2D eigenvalue weighted by Crippen LogP contribution is 2.25. The predicted molar refractivity (Wildman–Crippen MR) is 128 cm³/mol. The van der Waals surface area contributed by atoms with E-state index in [-0.39, 0.29) is 29.8 Å². The van der Waals surface area contributed by atoms with Crippen molar-refractivity contribution < 1.29 is 18.5 Å². The summed E-state index contributed by atoms with van der Waals surface area (Å²) in [7, 11) is 0. The molecule has 0 aliphatic carbocycles. The fraction of sp³-hybridized carbons (Fsp3) is 0.0833. The van der Waals surface area contributed by atoms with Crippen LogP contribution in [0.2, 0.25) is 0 Å². The Balaban J connectivity index is 1.40. The van der Waals surface area contributed by atoms with E-state index in [0.29, 0.717) is 22.5 Å². The first-order chi connectivity index (χ1) is 17.4. The zero-order chi connectivity index (χ0) is 25.2. The van der Waals surface area contributed by atoms with Gasteiger partial charge >= 0.3 is 5.69 Å². The second kappa shape index (κ2) is 9.25. The first-order valence-electron chi connectivity index (χ1n) is 10.7. The highest BCUT2D eigenvalue weighted by molar-refractivity contribution is 5.93. The molecule has 2 aromatic carbocycles. The van der Waals surface area contributed by atoms with Gasteiger partial charge < -0.3 is 15.2 Å². The van der Waals surface area contributed by atoms with Gasteiger partial charge in [-0.05, 0) is 42.5 Å². The first-order valence-corrected chi connectivity index (χ1v) is 10.7. The number of carbonyl (C=O) groups excluding carboxylic acids is 2. The monoisotopic (exact) mass is 487 g/mol. The molecule has 3 aromatic heterocycles. The van der Waals surface area contributed by atoms with Crippen molar-refractivity contribution in [3.05, 3.63) is 83.2 Å². The Morgan fingerprint density at radius 1 is 1.03 bits per heavy atom. The molecule has 0 unspecified atom stereocenters. The molecule has 0 saturated carbocycles. The second-order valence-electron chi connectivity index (χ2n) is 7.80. The summed E-state index contributed by atoms with van der Waals surface area (Å²) >= 11 is 0. The average Bonchev–Trinajstić information content (AvgIpc) is 3.44. The molecule has 12 heteroatoms. The van der Waals surface area contributed by atoms with Gasteiger partial charge in [0.2, 0.25) is 17.6 Å². The lowest BCUT2D eigenvalue weighted by molar-refractivity contribution is -0.117. The lowest BCUT2D eigenvalue weighted by atomic mass is 10.2. The SMILES string of the molecule is CC(=O)Nc1cccc(NC(=O)Cn2nc3c(-c4nc(-c5cccc(F)c5)no4)cccn3c2=O)c1. The summed E-state index contributed by atoms with van der Waals surface area (Å²) in [4.78, 5) is 41.0. The molecule has 3 heterocycles. The molecule has 0 radical (unpaired) electrons. The zero-order valence-electron chi connectivity index (χ0n) is 18.8. The molecule has 0 aliphatic rings. The van der Waals surface area contributed by atoms with Gasteiger partial charge in [0.15, 0.2) is 5.65 Å². The van der Waals surface area contributed by atoms with Gasteiger partial charge in [-0.2, -0.15) is 4.98 Å². The van der Waals surface area contributed by atoms with Crippen LogP contribution in [0.25, 0.3) is 28.5 Å². The van der Waals surface area contributed by atoms with Crippen LogP contribution in [0.1, 0.15) is 6.92 Å². The third kappa shape index (κ3) is 4.59. The van der Waals surface area contributed by atoms with Gasteiger partial charge in [-0.15, -0.1) is 5.10 Å². The number of pyridine rings is 1. The van der Waals surface area contributed by atoms with E-state index in [2.05, 4.69) is 25.9 Å². The molecular formula is C24H18FN7O4. The Kier molecular flexibility index (Phi) is 5.82. The number of hydrogen-bond acceptors (Lipinski definition) is 7. The van der Waals surface area contributed by atoms with Crippen LogP contribution in [0.15, 0.2) is 76.2 Å². The molecule has 0 bridgehead atoms. The molecule has 36 heavy (non-hydrogen) atoms. The largest absolute Gasteiger partial charge is 0.350 e. The number of nitrogens with one attached hydrogen (secondary N) is 2. The van der Waals surface area contributed by atoms with Crippen LogP contribution in [0.3, 0.4) is 0 Å². The fourth-order valence-electron chi connectivity index (χ4n) is 3.60. The third-order valence-corrected chi connectivity index (χ3v) is 5.11. The van der Waals surface area contributed by atoms with Crippen molar-refractivity contribution >= 4 is 28.8 Å². The Hall–Kier alpha value is -5.13. The van der Waals surface area contributed by atoms with Gasteiger partial charge in [-0.25, -0.2) is 18.3 Å². The van der Waals surface area contributed by atoms with Crippen LogP contribution in [-0.2, 0) is 16.1 Å². The number of rotatable bonds is 6. The van der Waals surface area contributed by atoms with Gasteiger partial charge in [0, 0.05) is 30.1 Å². The molecular weight excluding hydrogens is 469 g/mol. The summed E-state index contributed by atoms with van der Waals surface area (Å²) in [5, 5.41) is 13.5. The van der Waals surface area contributed by atoms with E-state index in [1.807, 2.05) is 0 Å². The molecule has 0 saturated heterocycles. The van der Waals surface area contributed by atoms with Crippen molar-refractivity contribution in [2.24, 2.45) is 0 Å². The molecule has 11 nitrogen and oxygen atoms in total. The molecule has 0 spiro atoms. The van der Waals surface area contributed by atoms with Crippen LogP contribution >= 0.6 is 0 Å². The summed E-state index contributed by atoms with van der Waals surface area (Å²) in [5.41, 5.74) is 1.42. The number of amides is 2. The maximum Gasteiger partial charge on any atom is 0.350 e. The number of halogens is 1. The lowest BCUT2D eigenvalue weighted by Gasteiger charge is -2.07. The van der Waals surface area contributed by atoms with Crippen molar-refractivity contribution in [1.29, 1.82) is 0 Å². The summed E-state index contributed by atoms with van der Waals surface area (Å²) in [6, 6.07) is 15.6. The average molecular weight is 487 g/mol. The van der Waals surface area contributed by atoms with E-state index in [4.69, 9.17) is 4.52 Å². The maximum atomic E-state index is 13.6. The molecule has 0 aliphatic heterocycles. The highest BCUT2D eigenvalue weighted by atomic mass is 19.1. The van der Waals surface area contributed by atoms with E-state index < -0.39 is 17.4 Å². The summed E-state index contributed by atoms with van der Waals surface area (Å²) in [6.45, 7) is 1.02. The number of carbonyl (C=O) groups is 2. The Labute approximate surface area is 202 Å². The number of anilines is 2. The number of benzene rings is 2. The van der Waals surface area contributed by atoms with Crippen LogP contribution in [0, 0.1) is 5.82 Å². The van der Waals surface area contributed by atoms with Crippen molar-refractivity contribution in [2.45, 2.75) is 13.5 Å². The smallest absolute Gasteiger partial charge is 0.333 e. The molecule has 2 N–H and O–H groups in total.